The molecule has 0 aromatic heterocycles. The lowest BCUT2D eigenvalue weighted by atomic mass is 9.82. The molecular formula is C16H22N2O3. The van der Waals surface area contributed by atoms with E-state index in [9.17, 15) is 9.59 Å². The molecule has 0 radical (unpaired) electrons. The van der Waals surface area contributed by atoms with E-state index < -0.39 is 11.5 Å². The van der Waals surface area contributed by atoms with E-state index in [1.54, 1.807) is 25.1 Å². The van der Waals surface area contributed by atoms with Gasteiger partial charge in [0.2, 0.25) is 5.91 Å². The van der Waals surface area contributed by atoms with E-state index in [0.717, 1.165) is 19.3 Å². The Morgan fingerprint density at radius 2 is 1.90 bits per heavy atom. The lowest BCUT2D eigenvalue weighted by Crippen LogP contribution is -2.52. The smallest absolute Gasteiger partial charge is 0.338 e. The standard InChI is InChI=1S/C16H22N2O3/c1-11-12(14(19)21-2)7-6-8-13(11)18-15(20)16(17)9-4-3-5-10-16/h6-8H,3-5,9-10,17H2,1-2H3,(H,18,20). The molecule has 5 heteroatoms. The second-order valence-corrected chi connectivity index (χ2v) is 5.64. The van der Waals surface area contributed by atoms with Crippen LogP contribution in [0.3, 0.4) is 0 Å². The summed E-state index contributed by atoms with van der Waals surface area (Å²) in [6.07, 6.45) is 4.49. The number of esters is 1. The maximum atomic E-state index is 12.4. The highest BCUT2D eigenvalue weighted by molar-refractivity contribution is 6.00. The minimum absolute atomic E-state index is 0.174. The van der Waals surface area contributed by atoms with Crippen LogP contribution in [0.2, 0.25) is 0 Å². The molecule has 1 aliphatic carbocycles. The Bertz CT molecular complexity index is 548. The number of hydrogen-bond donors (Lipinski definition) is 2. The van der Waals surface area contributed by atoms with Crippen LogP contribution in [0.5, 0.6) is 0 Å². The van der Waals surface area contributed by atoms with Crippen molar-refractivity contribution >= 4 is 17.6 Å². The van der Waals surface area contributed by atoms with Crippen molar-refractivity contribution in [2.75, 3.05) is 12.4 Å². The van der Waals surface area contributed by atoms with Crippen LogP contribution in [0.15, 0.2) is 18.2 Å². The molecule has 5 nitrogen and oxygen atoms in total. The van der Waals surface area contributed by atoms with Gasteiger partial charge in [-0.15, -0.1) is 0 Å². The number of nitrogens with one attached hydrogen (secondary N) is 1. The first-order valence-corrected chi connectivity index (χ1v) is 7.26. The summed E-state index contributed by atoms with van der Waals surface area (Å²) in [6.45, 7) is 1.78. The quantitative estimate of drug-likeness (QED) is 0.837. The molecule has 0 unspecified atom stereocenters. The highest BCUT2D eigenvalue weighted by atomic mass is 16.5. The average molecular weight is 290 g/mol. The molecule has 0 spiro atoms. The van der Waals surface area contributed by atoms with Gasteiger partial charge in [-0.25, -0.2) is 4.79 Å². The summed E-state index contributed by atoms with van der Waals surface area (Å²) in [5.41, 5.74) is 7.17. The van der Waals surface area contributed by atoms with Gasteiger partial charge >= 0.3 is 5.97 Å². The van der Waals surface area contributed by atoms with Gasteiger partial charge in [0.15, 0.2) is 0 Å². The fourth-order valence-corrected chi connectivity index (χ4v) is 2.76. The van der Waals surface area contributed by atoms with Crippen molar-refractivity contribution in [3.8, 4) is 0 Å². The first kappa shape index (κ1) is 15.5. The summed E-state index contributed by atoms with van der Waals surface area (Å²) in [4.78, 5) is 24.1. The van der Waals surface area contributed by atoms with E-state index >= 15 is 0 Å². The lowest BCUT2D eigenvalue weighted by Gasteiger charge is -2.32. The van der Waals surface area contributed by atoms with Crippen molar-refractivity contribution in [1.82, 2.24) is 0 Å². The molecule has 1 amide bonds. The van der Waals surface area contributed by atoms with Crippen LogP contribution < -0.4 is 11.1 Å². The summed E-state index contributed by atoms with van der Waals surface area (Å²) in [7, 11) is 1.34. The lowest BCUT2D eigenvalue weighted by molar-refractivity contribution is -0.122. The van der Waals surface area contributed by atoms with Crippen LogP contribution in [-0.4, -0.2) is 24.5 Å². The number of benzene rings is 1. The first-order valence-electron chi connectivity index (χ1n) is 7.26. The fourth-order valence-electron chi connectivity index (χ4n) is 2.76. The predicted molar refractivity (Wildman–Crippen MR) is 81.2 cm³/mol. The molecule has 0 atom stereocenters. The highest BCUT2D eigenvalue weighted by Gasteiger charge is 2.35. The molecule has 21 heavy (non-hydrogen) atoms. The van der Waals surface area contributed by atoms with Crippen molar-refractivity contribution in [3.05, 3.63) is 29.3 Å². The number of anilines is 1. The van der Waals surface area contributed by atoms with Crippen molar-refractivity contribution in [2.45, 2.75) is 44.6 Å². The minimum Gasteiger partial charge on any atom is -0.465 e. The van der Waals surface area contributed by atoms with E-state index in [0.29, 0.717) is 29.7 Å². The summed E-state index contributed by atoms with van der Waals surface area (Å²) in [5, 5.41) is 2.87. The third-order valence-electron chi connectivity index (χ3n) is 4.19. The van der Waals surface area contributed by atoms with Crippen LogP contribution in [0.25, 0.3) is 0 Å². The van der Waals surface area contributed by atoms with Gasteiger partial charge < -0.3 is 15.8 Å². The molecular weight excluding hydrogens is 268 g/mol. The Labute approximate surface area is 124 Å². The Morgan fingerprint density at radius 3 is 2.52 bits per heavy atom. The molecule has 1 aromatic carbocycles. The van der Waals surface area contributed by atoms with Gasteiger partial charge in [-0.1, -0.05) is 25.3 Å². The summed E-state index contributed by atoms with van der Waals surface area (Å²) < 4.78 is 4.74. The number of nitrogens with two attached hydrogens (primary N) is 1. The van der Waals surface area contributed by atoms with E-state index in [1.807, 2.05) is 0 Å². The average Bonchev–Trinajstić information content (AvgIpc) is 2.49. The number of hydrogen-bond acceptors (Lipinski definition) is 4. The van der Waals surface area contributed by atoms with Gasteiger partial charge in [0.1, 0.15) is 0 Å². The van der Waals surface area contributed by atoms with Crippen LogP contribution in [0, 0.1) is 6.92 Å². The molecule has 1 aliphatic rings. The van der Waals surface area contributed by atoms with Crippen LogP contribution in [0.1, 0.15) is 48.0 Å². The van der Waals surface area contributed by atoms with E-state index in [-0.39, 0.29) is 5.91 Å². The third-order valence-corrected chi connectivity index (χ3v) is 4.19. The topological polar surface area (TPSA) is 81.4 Å². The number of methoxy groups -OCH3 is 1. The molecule has 0 heterocycles. The summed E-state index contributed by atoms with van der Waals surface area (Å²) >= 11 is 0. The Balaban J connectivity index is 2.19. The first-order chi connectivity index (χ1) is 9.98. The molecule has 114 valence electrons. The van der Waals surface area contributed by atoms with Crippen LogP contribution >= 0.6 is 0 Å². The van der Waals surface area contributed by atoms with E-state index in [4.69, 9.17) is 10.5 Å². The molecule has 3 N–H and O–H groups in total. The third kappa shape index (κ3) is 3.24. The van der Waals surface area contributed by atoms with Gasteiger partial charge in [0.05, 0.1) is 18.2 Å². The van der Waals surface area contributed by atoms with Crippen LogP contribution in [0.4, 0.5) is 5.69 Å². The molecule has 1 fully saturated rings. The van der Waals surface area contributed by atoms with E-state index in [1.165, 1.54) is 7.11 Å². The number of carbonyl (C=O) groups is 2. The minimum atomic E-state index is -0.800. The summed E-state index contributed by atoms with van der Waals surface area (Å²) in [5.74, 6) is -0.587. The van der Waals surface area contributed by atoms with Gasteiger partial charge in [-0.3, -0.25) is 4.79 Å². The zero-order valence-electron chi connectivity index (χ0n) is 12.6. The van der Waals surface area contributed by atoms with Crippen LogP contribution in [-0.2, 0) is 9.53 Å². The summed E-state index contributed by atoms with van der Waals surface area (Å²) in [6, 6.07) is 5.17. The van der Waals surface area contributed by atoms with Crippen molar-refractivity contribution in [2.24, 2.45) is 5.73 Å². The SMILES string of the molecule is COC(=O)c1cccc(NC(=O)C2(N)CCCCC2)c1C. The Kier molecular flexibility index (Phi) is 4.63. The fraction of sp³-hybridized carbons (Fsp3) is 0.500. The number of rotatable bonds is 3. The van der Waals surface area contributed by atoms with Crippen molar-refractivity contribution in [1.29, 1.82) is 0 Å². The number of carbonyl (C=O) groups excluding carboxylic acids is 2. The normalized spacial score (nSPS) is 17.1. The molecule has 1 saturated carbocycles. The van der Waals surface area contributed by atoms with Crippen molar-refractivity contribution < 1.29 is 14.3 Å². The monoisotopic (exact) mass is 290 g/mol. The van der Waals surface area contributed by atoms with Gasteiger partial charge in [0.25, 0.3) is 0 Å². The second-order valence-electron chi connectivity index (χ2n) is 5.64. The zero-order valence-corrected chi connectivity index (χ0v) is 12.6. The second kappa shape index (κ2) is 6.26. The molecule has 0 aliphatic heterocycles. The number of ether oxygens (including phenoxy) is 1. The maximum Gasteiger partial charge on any atom is 0.338 e. The molecule has 2 rings (SSSR count). The molecule has 0 bridgehead atoms. The van der Waals surface area contributed by atoms with Gasteiger partial charge in [-0.05, 0) is 37.5 Å². The Hall–Kier alpha value is -1.88. The van der Waals surface area contributed by atoms with Gasteiger partial charge in [-0.2, -0.15) is 0 Å². The molecule has 0 saturated heterocycles. The largest absolute Gasteiger partial charge is 0.465 e. The molecule has 1 aromatic rings. The van der Waals surface area contributed by atoms with E-state index in [2.05, 4.69) is 5.32 Å². The Morgan fingerprint density at radius 1 is 1.24 bits per heavy atom. The number of amides is 1. The maximum absolute atomic E-state index is 12.4. The van der Waals surface area contributed by atoms with Crippen molar-refractivity contribution in [3.63, 3.8) is 0 Å². The predicted octanol–water partition coefficient (Wildman–Crippen LogP) is 2.38. The highest BCUT2D eigenvalue weighted by Crippen LogP contribution is 2.28. The zero-order chi connectivity index (χ0) is 15.5. The van der Waals surface area contributed by atoms with Gasteiger partial charge in [0, 0.05) is 5.69 Å².